The SMILES string of the molecule is CC1(C)[C@]2(c3ccccc3)N=N[C@@]1(c1ccccc1)[C@H]1C=CC[C@H]12. The zero-order chi connectivity index (χ0) is 16.4. The van der Waals surface area contributed by atoms with Crippen LogP contribution in [0.25, 0.3) is 0 Å². The van der Waals surface area contributed by atoms with Crippen molar-refractivity contribution >= 4 is 0 Å². The van der Waals surface area contributed by atoms with E-state index in [9.17, 15) is 0 Å². The molecule has 2 aromatic rings. The van der Waals surface area contributed by atoms with Crippen LogP contribution in [0.4, 0.5) is 0 Å². The van der Waals surface area contributed by atoms with E-state index >= 15 is 0 Å². The summed E-state index contributed by atoms with van der Waals surface area (Å²) >= 11 is 0. The Morgan fingerprint density at radius 3 is 1.96 bits per heavy atom. The summed E-state index contributed by atoms with van der Waals surface area (Å²) in [7, 11) is 0. The molecule has 120 valence electrons. The van der Waals surface area contributed by atoms with Gasteiger partial charge in [-0.2, -0.15) is 10.2 Å². The summed E-state index contributed by atoms with van der Waals surface area (Å²) in [4.78, 5) is 0. The van der Waals surface area contributed by atoms with Gasteiger partial charge in [-0.1, -0.05) is 86.7 Å². The summed E-state index contributed by atoms with van der Waals surface area (Å²) in [5, 5.41) is 10.1. The molecule has 0 radical (unpaired) electrons. The molecule has 0 aromatic heterocycles. The molecule has 24 heavy (non-hydrogen) atoms. The van der Waals surface area contributed by atoms with Crippen LogP contribution in [0.5, 0.6) is 0 Å². The van der Waals surface area contributed by atoms with Crippen molar-refractivity contribution in [2.75, 3.05) is 0 Å². The monoisotopic (exact) mass is 314 g/mol. The Labute approximate surface area is 143 Å². The lowest BCUT2D eigenvalue weighted by atomic mass is 9.61. The molecule has 5 rings (SSSR count). The minimum atomic E-state index is -0.262. The number of fused-ring (bicyclic) bond motifs is 5. The van der Waals surface area contributed by atoms with Gasteiger partial charge in [-0.15, -0.1) is 0 Å². The van der Waals surface area contributed by atoms with Gasteiger partial charge in [0.1, 0.15) is 11.1 Å². The van der Waals surface area contributed by atoms with Gasteiger partial charge in [0.25, 0.3) is 0 Å². The molecular formula is C22H22N2. The number of hydrogen-bond acceptors (Lipinski definition) is 2. The number of allylic oxidation sites excluding steroid dienone is 1. The van der Waals surface area contributed by atoms with Crippen LogP contribution >= 0.6 is 0 Å². The molecule has 1 aliphatic heterocycles. The van der Waals surface area contributed by atoms with Gasteiger partial charge in [-0.05, 0) is 17.5 Å². The lowest BCUT2D eigenvalue weighted by molar-refractivity contribution is 0.150. The number of rotatable bonds is 2. The number of benzene rings is 2. The highest BCUT2D eigenvalue weighted by atomic mass is 15.3. The molecule has 2 bridgehead atoms. The fraction of sp³-hybridized carbons (Fsp3) is 0.364. The normalized spacial score (nSPS) is 37.8. The van der Waals surface area contributed by atoms with Gasteiger partial charge in [0, 0.05) is 17.3 Å². The van der Waals surface area contributed by atoms with E-state index in [1.165, 1.54) is 11.1 Å². The van der Waals surface area contributed by atoms with Crippen molar-refractivity contribution in [1.82, 2.24) is 0 Å². The van der Waals surface area contributed by atoms with Crippen LogP contribution in [0.3, 0.4) is 0 Å². The van der Waals surface area contributed by atoms with Crippen LogP contribution in [0.1, 0.15) is 31.4 Å². The average Bonchev–Trinajstić information content (AvgIpc) is 3.24. The summed E-state index contributed by atoms with van der Waals surface area (Å²) in [6.07, 6.45) is 5.84. The Bertz CT molecular complexity index is 837. The Morgan fingerprint density at radius 2 is 1.33 bits per heavy atom. The number of nitrogens with zero attached hydrogens (tertiary/aromatic N) is 2. The van der Waals surface area contributed by atoms with Crippen LogP contribution in [-0.4, -0.2) is 0 Å². The van der Waals surface area contributed by atoms with Crippen LogP contribution in [0, 0.1) is 17.3 Å². The molecule has 1 fully saturated rings. The molecule has 0 spiro atoms. The Balaban J connectivity index is 1.81. The molecule has 2 aromatic carbocycles. The zero-order valence-corrected chi connectivity index (χ0v) is 14.2. The first-order chi connectivity index (χ1) is 11.6. The van der Waals surface area contributed by atoms with Crippen LogP contribution in [0.15, 0.2) is 83.0 Å². The lowest BCUT2D eigenvalue weighted by Gasteiger charge is -2.41. The zero-order valence-electron chi connectivity index (χ0n) is 14.2. The van der Waals surface area contributed by atoms with Gasteiger partial charge in [0.05, 0.1) is 0 Å². The molecule has 2 nitrogen and oxygen atoms in total. The van der Waals surface area contributed by atoms with Crippen molar-refractivity contribution in [3.8, 4) is 0 Å². The van der Waals surface area contributed by atoms with Crippen LogP contribution in [-0.2, 0) is 11.1 Å². The third kappa shape index (κ3) is 1.32. The van der Waals surface area contributed by atoms with Crippen molar-refractivity contribution in [2.24, 2.45) is 27.5 Å². The number of azo groups is 1. The minimum Gasteiger partial charge on any atom is -0.181 e. The smallest absolute Gasteiger partial charge is 0.121 e. The molecule has 1 saturated carbocycles. The van der Waals surface area contributed by atoms with Crippen molar-refractivity contribution in [1.29, 1.82) is 0 Å². The van der Waals surface area contributed by atoms with Crippen LogP contribution in [0.2, 0.25) is 0 Å². The summed E-state index contributed by atoms with van der Waals surface area (Å²) < 4.78 is 0. The average molecular weight is 314 g/mol. The maximum Gasteiger partial charge on any atom is 0.121 e. The highest BCUT2D eigenvalue weighted by molar-refractivity contribution is 5.47. The van der Waals surface area contributed by atoms with E-state index in [1.807, 2.05) is 0 Å². The molecule has 0 unspecified atom stereocenters. The molecule has 0 N–H and O–H groups in total. The van der Waals surface area contributed by atoms with Crippen molar-refractivity contribution < 1.29 is 0 Å². The van der Waals surface area contributed by atoms with Gasteiger partial charge in [-0.3, -0.25) is 0 Å². The van der Waals surface area contributed by atoms with Gasteiger partial charge >= 0.3 is 0 Å². The summed E-state index contributed by atoms with van der Waals surface area (Å²) in [5.74, 6) is 0.917. The fourth-order valence-corrected chi connectivity index (χ4v) is 5.86. The quantitative estimate of drug-likeness (QED) is 0.656. The van der Waals surface area contributed by atoms with E-state index in [4.69, 9.17) is 10.2 Å². The second-order valence-corrected chi connectivity index (χ2v) is 7.89. The predicted octanol–water partition coefficient (Wildman–Crippen LogP) is 5.48. The maximum atomic E-state index is 5.03. The first kappa shape index (κ1) is 14.2. The third-order valence-corrected chi connectivity index (χ3v) is 6.88. The predicted molar refractivity (Wildman–Crippen MR) is 95.6 cm³/mol. The standard InChI is InChI=1S/C22H22N2/c1-20(2)21(16-10-5-3-6-11-16)18-14-9-15-19(18)22(20,24-23-21)17-12-7-4-8-13-17/h3-14,18-19H,15H2,1-2H3/t18-,19+,21-,22+/m0/s1. The Kier molecular flexibility index (Phi) is 2.62. The summed E-state index contributed by atoms with van der Waals surface area (Å²) in [6, 6.07) is 21.6. The molecule has 0 saturated heterocycles. The molecule has 0 amide bonds. The van der Waals surface area contributed by atoms with Crippen molar-refractivity contribution in [2.45, 2.75) is 31.3 Å². The Morgan fingerprint density at radius 1 is 0.792 bits per heavy atom. The fourth-order valence-electron chi connectivity index (χ4n) is 5.86. The maximum absolute atomic E-state index is 5.03. The molecule has 1 heterocycles. The second kappa shape index (κ2) is 4.44. The van der Waals surface area contributed by atoms with E-state index in [1.54, 1.807) is 0 Å². The van der Waals surface area contributed by atoms with Gasteiger partial charge in [-0.25, -0.2) is 0 Å². The van der Waals surface area contributed by atoms with Crippen LogP contribution < -0.4 is 0 Å². The van der Waals surface area contributed by atoms with Crippen molar-refractivity contribution in [3.05, 3.63) is 83.9 Å². The summed E-state index contributed by atoms with van der Waals surface area (Å²) in [6.45, 7) is 4.75. The Hall–Kier alpha value is -2.22. The first-order valence-electron chi connectivity index (χ1n) is 8.86. The topological polar surface area (TPSA) is 24.7 Å². The van der Waals surface area contributed by atoms with Gasteiger partial charge < -0.3 is 0 Å². The van der Waals surface area contributed by atoms with E-state index in [0.717, 1.165) is 6.42 Å². The van der Waals surface area contributed by atoms with E-state index in [-0.39, 0.29) is 16.5 Å². The van der Waals surface area contributed by atoms with Gasteiger partial charge in [0.15, 0.2) is 0 Å². The molecule has 2 heteroatoms. The first-order valence-corrected chi connectivity index (χ1v) is 8.86. The largest absolute Gasteiger partial charge is 0.181 e. The summed E-state index contributed by atoms with van der Waals surface area (Å²) in [5.41, 5.74) is 2.05. The van der Waals surface area contributed by atoms with Crippen molar-refractivity contribution in [3.63, 3.8) is 0 Å². The highest BCUT2D eigenvalue weighted by Crippen LogP contribution is 2.76. The lowest BCUT2D eigenvalue weighted by Crippen LogP contribution is -2.44. The molecular weight excluding hydrogens is 292 g/mol. The number of hydrogen-bond donors (Lipinski definition) is 0. The van der Waals surface area contributed by atoms with E-state index in [0.29, 0.717) is 11.8 Å². The second-order valence-electron chi connectivity index (χ2n) is 7.89. The molecule has 2 aliphatic carbocycles. The highest BCUT2D eigenvalue weighted by Gasteiger charge is 2.77. The minimum absolute atomic E-state index is 0.0667. The van der Waals surface area contributed by atoms with Gasteiger partial charge in [0.2, 0.25) is 0 Å². The van der Waals surface area contributed by atoms with E-state index < -0.39 is 0 Å². The molecule has 4 atom stereocenters. The molecule has 3 aliphatic rings. The third-order valence-electron chi connectivity index (χ3n) is 6.88. The van der Waals surface area contributed by atoms with E-state index in [2.05, 4.69) is 86.7 Å².